The number of piperidine rings is 1. The molecule has 18 heavy (non-hydrogen) atoms. The molecule has 2 rings (SSSR count). The van der Waals surface area contributed by atoms with Crippen LogP contribution in [0, 0.1) is 0 Å². The molecule has 1 heterocycles. The summed E-state index contributed by atoms with van der Waals surface area (Å²) in [6, 6.07) is 9.73. The third-order valence-corrected chi connectivity index (χ3v) is 3.38. The number of likely N-dealkylation sites (tertiary alicyclic amines) is 1. The first-order valence-corrected chi connectivity index (χ1v) is 6.13. The van der Waals surface area contributed by atoms with Crippen molar-refractivity contribution in [3.63, 3.8) is 0 Å². The van der Waals surface area contributed by atoms with Gasteiger partial charge in [0.1, 0.15) is 0 Å². The lowest BCUT2D eigenvalue weighted by molar-refractivity contribution is -0.139. The van der Waals surface area contributed by atoms with Gasteiger partial charge in [0.25, 0.3) is 0 Å². The van der Waals surface area contributed by atoms with Crippen molar-refractivity contribution < 1.29 is 9.59 Å². The topological polar surface area (TPSA) is 63.4 Å². The first kappa shape index (κ1) is 12.8. The summed E-state index contributed by atoms with van der Waals surface area (Å²) in [5, 5.41) is 0. The van der Waals surface area contributed by atoms with E-state index >= 15 is 0 Å². The van der Waals surface area contributed by atoms with Crippen LogP contribution in [-0.4, -0.2) is 35.7 Å². The molecular weight excluding hydrogens is 228 g/mol. The van der Waals surface area contributed by atoms with Crippen LogP contribution in [-0.2, 0) is 16.0 Å². The van der Waals surface area contributed by atoms with E-state index in [-0.39, 0.29) is 12.5 Å². The van der Waals surface area contributed by atoms with Crippen LogP contribution in [0.15, 0.2) is 30.3 Å². The van der Waals surface area contributed by atoms with Crippen LogP contribution in [0.4, 0.5) is 0 Å². The lowest BCUT2D eigenvalue weighted by Gasteiger charge is -2.38. The third-order valence-electron chi connectivity index (χ3n) is 3.38. The summed E-state index contributed by atoms with van der Waals surface area (Å²) in [5.41, 5.74) is 6.40. The van der Waals surface area contributed by atoms with E-state index in [0.29, 0.717) is 19.4 Å². The van der Waals surface area contributed by atoms with Gasteiger partial charge in [-0.3, -0.25) is 9.59 Å². The predicted molar refractivity (Wildman–Crippen MR) is 68.6 cm³/mol. The quantitative estimate of drug-likeness (QED) is 0.847. The number of hydrogen-bond donors (Lipinski definition) is 1. The number of amides is 1. The van der Waals surface area contributed by atoms with Gasteiger partial charge < -0.3 is 10.6 Å². The van der Waals surface area contributed by atoms with E-state index in [1.165, 1.54) is 4.90 Å². The zero-order valence-corrected chi connectivity index (χ0v) is 10.3. The van der Waals surface area contributed by atoms with Gasteiger partial charge in [-0.2, -0.15) is 0 Å². The predicted octanol–water partition coefficient (Wildman–Crippen LogP) is 0.659. The first-order chi connectivity index (χ1) is 8.65. The molecule has 1 aliphatic heterocycles. The number of rotatable bonds is 4. The van der Waals surface area contributed by atoms with Crippen molar-refractivity contribution in [2.45, 2.75) is 24.8 Å². The minimum atomic E-state index is -0.879. The average Bonchev–Trinajstić information content (AvgIpc) is 2.37. The maximum Gasteiger partial charge on any atom is 0.243 e. The van der Waals surface area contributed by atoms with Crippen molar-refractivity contribution >= 4 is 12.2 Å². The lowest BCUT2D eigenvalue weighted by Crippen LogP contribution is -2.60. The number of carbonyl (C=O) groups is 1. The van der Waals surface area contributed by atoms with Crippen molar-refractivity contribution in [2.75, 3.05) is 13.1 Å². The number of benzene rings is 1. The average molecular weight is 245 g/mol. The van der Waals surface area contributed by atoms with Gasteiger partial charge in [0.2, 0.25) is 12.2 Å². The molecule has 1 radical (unpaired) electrons. The van der Waals surface area contributed by atoms with E-state index in [9.17, 15) is 9.59 Å². The van der Waals surface area contributed by atoms with Gasteiger partial charge in [-0.15, -0.1) is 0 Å². The van der Waals surface area contributed by atoms with Crippen LogP contribution in [0.25, 0.3) is 0 Å². The van der Waals surface area contributed by atoms with Crippen molar-refractivity contribution in [3.05, 3.63) is 35.9 Å². The molecule has 4 nitrogen and oxygen atoms in total. The Balaban J connectivity index is 2.14. The van der Waals surface area contributed by atoms with Crippen molar-refractivity contribution in [1.29, 1.82) is 0 Å². The summed E-state index contributed by atoms with van der Waals surface area (Å²) in [5.74, 6) is -0.138. The van der Waals surface area contributed by atoms with E-state index in [0.717, 1.165) is 12.0 Å². The third kappa shape index (κ3) is 2.59. The smallest absolute Gasteiger partial charge is 0.243 e. The molecule has 2 N–H and O–H groups in total. The highest BCUT2D eigenvalue weighted by Crippen LogP contribution is 2.24. The standard InChI is InChI=1S/C14H17N2O2/c15-14(11-12-5-2-1-3-6-12)7-4-8-16(9-10-17)13(14)18/h1-3,5-6H,4,7-9,11,15H2. The number of nitrogens with two attached hydrogens (primary N) is 1. The van der Waals surface area contributed by atoms with E-state index in [4.69, 9.17) is 5.73 Å². The van der Waals surface area contributed by atoms with Crippen LogP contribution in [0.2, 0.25) is 0 Å². The molecule has 0 saturated carbocycles. The summed E-state index contributed by atoms with van der Waals surface area (Å²) in [4.78, 5) is 24.2. The molecule has 0 aromatic heterocycles. The van der Waals surface area contributed by atoms with Crippen LogP contribution >= 0.6 is 0 Å². The Hall–Kier alpha value is -1.68. The highest BCUT2D eigenvalue weighted by atomic mass is 16.2. The van der Waals surface area contributed by atoms with Gasteiger partial charge in [-0.05, 0) is 24.8 Å². The summed E-state index contributed by atoms with van der Waals surface area (Å²) in [7, 11) is 0. The second kappa shape index (κ2) is 5.31. The molecule has 1 aromatic rings. The Kier molecular flexibility index (Phi) is 3.77. The fraction of sp³-hybridized carbons (Fsp3) is 0.429. The molecule has 0 spiro atoms. The number of carbonyl (C=O) groups excluding carboxylic acids is 2. The maximum absolute atomic E-state index is 12.3. The molecule has 1 saturated heterocycles. The molecule has 1 fully saturated rings. The van der Waals surface area contributed by atoms with Gasteiger partial charge >= 0.3 is 0 Å². The zero-order valence-electron chi connectivity index (χ0n) is 10.3. The van der Waals surface area contributed by atoms with Crippen molar-refractivity contribution in [1.82, 2.24) is 4.90 Å². The van der Waals surface area contributed by atoms with Gasteiger partial charge in [-0.1, -0.05) is 30.3 Å². The molecule has 0 aliphatic carbocycles. The van der Waals surface area contributed by atoms with Crippen LogP contribution in [0.3, 0.4) is 0 Å². The Labute approximate surface area is 107 Å². The lowest BCUT2D eigenvalue weighted by atomic mass is 9.83. The molecule has 1 atom stereocenters. The molecule has 1 aromatic carbocycles. The summed E-state index contributed by atoms with van der Waals surface area (Å²) < 4.78 is 0. The summed E-state index contributed by atoms with van der Waals surface area (Å²) in [6.45, 7) is 0.619. The Morgan fingerprint density at radius 3 is 2.72 bits per heavy atom. The van der Waals surface area contributed by atoms with Gasteiger partial charge in [0.15, 0.2) is 0 Å². The highest BCUT2D eigenvalue weighted by Gasteiger charge is 2.40. The van der Waals surface area contributed by atoms with Crippen LogP contribution in [0.1, 0.15) is 18.4 Å². The molecule has 1 unspecified atom stereocenters. The normalized spacial score (nSPS) is 24.1. The molecule has 95 valence electrons. The van der Waals surface area contributed by atoms with Crippen LogP contribution in [0.5, 0.6) is 0 Å². The minimum absolute atomic E-state index is 0.0204. The molecule has 1 amide bonds. The van der Waals surface area contributed by atoms with E-state index in [2.05, 4.69) is 0 Å². The Morgan fingerprint density at radius 2 is 2.06 bits per heavy atom. The highest BCUT2D eigenvalue weighted by molar-refractivity contribution is 5.88. The van der Waals surface area contributed by atoms with E-state index in [1.807, 2.05) is 30.3 Å². The molecular formula is C14H17N2O2. The van der Waals surface area contributed by atoms with Gasteiger partial charge in [-0.25, -0.2) is 0 Å². The van der Waals surface area contributed by atoms with Crippen LogP contribution < -0.4 is 5.73 Å². The fourth-order valence-corrected chi connectivity index (χ4v) is 2.46. The second-order valence-electron chi connectivity index (χ2n) is 4.79. The second-order valence-corrected chi connectivity index (χ2v) is 4.79. The van der Waals surface area contributed by atoms with Crippen molar-refractivity contribution in [3.8, 4) is 0 Å². The summed E-state index contributed by atoms with van der Waals surface area (Å²) >= 11 is 0. The largest absolute Gasteiger partial charge is 0.333 e. The monoisotopic (exact) mass is 245 g/mol. The molecule has 0 bridgehead atoms. The SMILES string of the molecule is NC1(Cc2ccccc2)CCCN(C[C]=O)C1=O. The Bertz CT molecular complexity index is 433. The zero-order chi connectivity index (χ0) is 13.0. The van der Waals surface area contributed by atoms with Crippen molar-refractivity contribution in [2.24, 2.45) is 5.73 Å². The van der Waals surface area contributed by atoms with E-state index in [1.54, 1.807) is 6.29 Å². The number of nitrogens with zero attached hydrogens (tertiary/aromatic N) is 1. The van der Waals surface area contributed by atoms with Gasteiger partial charge in [0, 0.05) is 6.54 Å². The number of hydrogen-bond acceptors (Lipinski definition) is 3. The summed E-state index contributed by atoms with van der Waals surface area (Å²) in [6.07, 6.45) is 3.78. The molecule has 1 aliphatic rings. The molecule has 4 heteroatoms. The maximum atomic E-state index is 12.3. The fourth-order valence-electron chi connectivity index (χ4n) is 2.46. The first-order valence-electron chi connectivity index (χ1n) is 6.13. The van der Waals surface area contributed by atoms with Gasteiger partial charge in [0.05, 0.1) is 12.1 Å². The Morgan fingerprint density at radius 1 is 1.33 bits per heavy atom. The van der Waals surface area contributed by atoms with E-state index < -0.39 is 5.54 Å². The minimum Gasteiger partial charge on any atom is -0.333 e.